The molecule has 2 aromatic rings. The zero-order valence-corrected chi connectivity index (χ0v) is 11.8. The van der Waals surface area contributed by atoms with Gasteiger partial charge in [0, 0.05) is 5.56 Å². The maximum absolute atomic E-state index is 13.9. The Morgan fingerprint density at radius 2 is 2.00 bits per heavy atom. The van der Waals surface area contributed by atoms with E-state index in [4.69, 9.17) is 5.11 Å². The molecule has 22 heavy (non-hydrogen) atoms. The number of rotatable bonds is 2. The SMILES string of the molecule is O=C(O)NC1CCCc2ccc(-c3cc(F)ccc3F)cc21. The van der Waals surface area contributed by atoms with Gasteiger partial charge in [0.05, 0.1) is 6.04 Å². The van der Waals surface area contributed by atoms with E-state index in [1.807, 2.05) is 6.07 Å². The van der Waals surface area contributed by atoms with Crippen molar-refractivity contribution in [3.8, 4) is 11.1 Å². The van der Waals surface area contributed by atoms with Crippen molar-refractivity contribution < 1.29 is 18.7 Å². The normalized spacial score (nSPS) is 16.9. The highest BCUT2D eigenvalue weighted by atomic mass is 19.1. The van der Waals surface area contributed by atoms with Crippen molar-refractivity contribution in [2.75, 3.05) is 0 Å². The van der Waals surface area contributed by atoms with Crippen LogP contribution >= 0.6 is 0 Å². The smallest absolute Gasteiger partial charge is 0.405 e. The molecule has 0 radical (unpaired) electrons. The van der Waals surface area contributed by atoms with E-state index in [0.29, 0.717) is 12.0 Å². The zero-order valence-electron chi connectivity index (χ0n) is 11.8. The predicted octanol–water partition coefficient (Wildman–Crippen LogP) is 4.28. The van der Waals surface area contributed by atoms with Crippen LogP contribution in [-0.2, 0) is 6.42 Å². The largest absolute Gasteiger partial charge is 0.465 e. The first-order chi connectivity index (χ1) is 10.5. The zero-order chi connectivity index (χ0) is 15.7. The van der Waals surface area contributed by atoms with Crippen molar-refractivity contribution >= 4 is 6.09 Å². The molecule has 0 aliphatic heterocycles. The Labute approximate surface area is 126 Å². The number of carbonyl (C=O) groups is 1. The number of benzene rings is 2. The molecule has 1 aliphatic rings. The van der Waals surface area contributed by atoms with E-state index in [2.05, 4.69) is 5.32 Å². The average molecular weight is 303 g/mol. The third kappa shape index (κ3) is 2.79. The van der Waals surface area contributed by atoms with Crippen LogP contribution in [-0.4, -0.2) is 11.2 Å². The fraction of sp³-hybridized carbons (Fsp3) is 0.235. The quantitative estimate of drug-likeness (QED) is 0.870. The molecule has 2 N–H and O–H groups in total. The van der Waals surface area contributed by atoms with Gasteiger partial charge in [-0.15, -0.1) is 0 Å². The molecule has 0 aromatic heterocycles. The Morgan fingerprint density at radius 3 is 2.77 bits per heavy atom. The van der Waals surface area contributed by atoms with Crippen LogP contribution in [0.15, 0.2) is 36.4 Å². The molecule has 5 heteroatoms. The van der Waals surface area contributed by atoms with Crippen molar-refractivity contribution in [3.05, 3.63) is 59.2 Å². The number of carboxylic acid groups (broad SMARTS) is 1. The lowest BCUT2D eigenvalue weighted by molar-refractivity contribution is 0.188. The molecular weight excluding hydrogens is 288 g/mol. The van der Waals surface area contributed by atoms with Crippen molar-refractivity contribution in [3.63, 3.8) is 0 Å². The summed E-state index contributed by atoms with van der Waals surface area (Å²) >= 11 is 0. The fourth-order valence-corrected chi connectivity index (χ4v) is 2.98. The maximum atomic E-state index is 13.9. The van der Waals surface area contributed by atoms with Crippen LogP contribution in [0.1, 0.15) is 30.0 Å². The van der Waals surface area contributed by atoms with Gasteiger partial charge in [-0.05, 0) is 60.2 Å². The molecule has 0 fully saturated rings. The Hall–Kier alpha value is -2.43. The standard InChI is InChI=1S/C17H15F2NO2/c18-12-6-7-15(19)13(9-12)11-5-4-10-2-1-3-16(14(10)8-11)20-17(21)22/h4-9,16,20H,1-3H2,(H,21,22). The van der Waals surface area contributed by atoms with E-state index in [9.17, 15) is 13.6 Å². The number of nitrogens with one attached hydrogen (secondary N) is 1. The van der Waals surface area contributed by atoms with Gasteiger partial charge in [-0.1, -0.05) is 12.1 Å². The Kier molecular flexibility index (Phi) is 3.79. The topological polar surface area (TPSA) is 49.3 Å². The average Bonchev–Trinajstić information content (AvgIpc) is 2.49. The summed E-state index contributed by atoms with van der Waals surface area (Å²) < 4.78 is 27.3. The maximum Gasteiger partial charge on any atom is 0.405 e. The van der Waals surface area contributed by atoms with Crippen LogP contribution in [0.25, 0.3) is 11.1 Å². The van der Waals surface area contributed by atoms with Crippen LogP contribution in [0.2, 0.25) is 0 Å². The van der Waals surface area contributed by atoms with Crippen LogP contribution in [0.4, 0.5) is 13.6 Å². The van der Waals surface area contributed by atoms with Gasteiger partial charge in [0.1, 0.15) is 11.6 Å². The lowest BCUT2D eigenvalue weighted by Crippen LogP contribution is -2.29. The number of fused-ring (bicyclic) bond motifs is 1. The monoisotopic (exact) mass is 303 g/mol. The van der Waals surface area contributed by atoms with E-state index in [-0.39, 0.29) is 11.6 Å². The third-order valence-corrected chi connectivity index (χ3v) is 4.00. The summed E-state index contributed by atoms with van der Waals surface area (Å²) in [5.41, 5.74) is 2.62. The summed E-state index contributed by atoms with van der Waals surface area (Å²) in [6.07, 6.45) is 1.37. The molecule has 0 bridgehead atoms. The molecule has 0 saturated carbocycles. The van der Waals surface area contributed by atoms with Gasteiger partial charge in [0.25, 0.3) is 0 Å². The highest BCUT2D eigenvalue weighted by Crippen LogP contribution is 2.34. The third-order valence-electron chi connectivity index (χ3n) is 4.00. The van der Waals surface area contributed by atoms with Gasteiger partial charge in [-0.25, -0.2) is 13.6 Å². The van der Waals surface area contributed by atoms with Gasteiger partial charge in [-0.3, -0.25) is 0 Å². The molecule has 1 unspecified atom stereocenters. The molecule has 0 heterocycles. The summed E-state index contributed by atoms with van der Waals surface area (Å²) in [6.45, 7) is 0. The summed E-state index contributed by atoms with van der Waals surface area (Å²) in [5.74, 6) is -1.01. The minimum atomic E-state index is -1.08. The summed E-state index contributed by atoms with van der Waals surface area (Å²) in [6, 6.07) is 8.39. The summed E-state index contributed by atoms with van der Waals surface area (Å²) in [4.78, 5) is 10.9. The van der Waals surface area contributed by atoms with Gasteiger partial charge in [-0.2, -0.15) is 0 Å². The van der Waals surface area contributed by atoms with Gasteiger partial charge >= 0.3 is 6.09 Å². The van der Waals surface area contributed by atoms with Crippen molar-refractivity contribution in [1.29, 1.82) is 0 Å². The van der Waals surface area contributed by atoms with Crippen LogP contribution in [0, 0.1) is 11.6 Å². The number of hydrogen-bond donors (Lipinski definition) is 2. The van der Waals surface area contributed by atoms with Crippen LogP contribution in [0.5, 0.6) is 0 Å². The highest BCUT2D eigenvalue weighted by Gasteiger charge is 2.22. The van der Waals surface area contributed by atoms with E-state index in [0.717, 1.165) is 42.2 Å². The molecule has 0 saturated heterocycles. The first kappa shape index (κ1) is 14.5. The molecule has 1 atom stereocenters. The molecule has 3 rings (SSSR count). The van der Waals surface area contributed by atoms with E-state index in [1.165, 1.54) is 0 Å². The molecule has 1 aliphatic carbocycles. The van der Waals surface area contributed by atoms with Crippen LogP contribution in [0.3, 0.4) is 0 Å². The number of hydrogen-bond acceptors (Lipinski definition) is 1. The van der Waals surface area contributed by atoms with Crippen molar-refractivity contribution in [2.45, 2.75) is 25.3 Å². The summed E-state index contributed by atoms with van der Waals surface area (Å²) in [5, 5.41) is 11.4. The molecular formula is C17H15F2NO2. The Bertz CT molecular complexity index is 731. The fourth-order valence-electron chi connectivity index (χ4n) is 2.98. The van der Waals surface area contributed by atoms with E-state index < -0.39 is 17.7 Å². The second kappa shape index (κ2) is 5.75. The van der Waals surface area contributed by atoms with Crippen molar-refractivity contribution in [2.24, 2.45) is 0 Å². The Balaban J connectivity index is 2.05. The van der Waals surface area contributed by atoms with Gasteiger partial charge in [0.2, 0.25) is 0 Å². The minimum absolute atomic E-state index is 0.183. The lowest BCUT2D eigenvalue weighted by atomic mass is 9.85. The molecule has 3 nitrogen and oxygen atoms in total. The molecule has 1 amide bonds. The lowest BCUT2D eigenvalue weighted by Gasteiger charge is -2.26. The van der Waals surface area contributed by atoms with E-state index >= 15 is 0 Å². The second-order valence-corrected chi connectivity index (χ2v) is 5.43. The van der Waals surface area contributed by atoms with Gasteiger partial charge < -0.3 is 10.4 Å². The summed E-state index contributed by atoms with van der Waals surface area (Å²) in [7, 11) is 0. The first-order valence-corrected chi connectivity index (χ1v) is 7.12. The second-order valence-electron chi connectivity index (χ2n) is 5.43. The number of aryl methyl sites for hydroxylation is 1. The van der Waals surface area contributed by atoms with Crippen LogP contribution < -0.4 is 5.32 Å². The minimum Gasteiger partial charge on any atom is -0.465 e. The molecule has 0 spiro atoms. The Morgan fingerprint density at radius 1 is 1.18 bits per heavy atom. The first-order valence-electron chi connectivity index (χ1n) is 7.12. The predicted molar refractivity (Wildman–Crippen MR) is 78.6 cm³/mol. The molecule has 114 valence electrons. The number of halogens is 2. The number of amides is 1. The molecule has 2 aromatic carbocycles. The van der Waals surface area contributed by atoms with E-state index in [1.54, 1.807) is 12.1 Å². The van der Waals surface area contributed by atoms with Crippen molar-refractivity contribution in [1.82, 2.24) is 5.32 Å². The van der Waals surface area contributed by atoms with Gasteiger partial charge in [0.15, 0.2) is 0 Å². The highest BCUT2D eigenvalue weighted by molar-refractivity contribution is 5.68.